The molecular weight excluding hydrogens is 360 g/mol. The first-order valence-electron chi connectivity index (χ1n) is 9.31. The topological polar surface area (TPSA) is 66.5 Å². The molecule has 0 spiro atoms. The van der Waals surface area contributed by atoms with Crippen LogP contribution in [0.2, 0.25) is 0 Å². The largest absolute Gasteiger partial charge is 0.312 e. The second-order valence-corrected chi connectivity index (χ2v) is 8.84. The van der Waals surface area contributed by atoms with E-state index in [0.29, 0.717) is 24.3 Å². The van der Waals surface area contributed by atoms with Crippen molar-refractivity contribution in [3.05, 3.63) is 58.7 Å². The smallest absolute Gasteiger partial charge is 0.241 e. The van der Waals surface area contributed by atoms with Gasteiger partial charge in [-0.15, -0.1) is 0 Å². The second kappa shape index (κ2) is 7.82. The molecule has 1 aliphatic heterocycles. The van der Waals surface area contributed by atoms with Crippen LogP contribution in [0.5, 0.6) is 0 Å². The molecular formula is C21H26N2O3S. The van der Waals surface area contributed by atoms with Crippen LogP contribution in [-0.2, 0) is 27.8 Å². The molecule has 0 saturated heterocycles. The summed E-state index contributed by atoms with van der Waals surface area (Å²) in [4.78, 5) is 14.3. The van der Waals surface area contributed by atoms with Crippen LogP contribution in [-0.4, -0.2) is 20.9 Å². The molecule has 5 nitrogen and oxygen atoms in total. The highest BCUT2D eigenvalue weighted by Crippen LogP contribution is 2.29. The fourth-order valence-corrected chi connectivity index (χ4v) is 4.79. The maximum absolute atomic E-state index is 12.6. The van der Waals surface area contributed by atoms with Gasteiger partial charge >= 0.3 is 0 Å². The van der Waals surface area contributed by atoms with E-state index in [1.54, 1.807) is 19.1 Å². The Bertz CT molecular complexity index is 967. The van der Waals surface area contributed by atoms with Crippen LogP contribution in [0, 0.1) is 13.8 Å². The standard InChI is InChI=1S/C21H26N2O3S/c1-4-11-23-19-8-6-17(13-18(19)7-10-21(23)24)14-22-27(25,26)20-9-5-15(2)12-16(20)3/h5-6,8-9,12-13,22H,4,7,10-11,14H2,1-3H3. The highest BCUT2D eigenvalue weighted by Gasteiger charge is 2.24. The number of aryl methyl sites for hydroxylation is 3. The molecule has 1 amide bonds. The van der Waals surface area contributed by atoms with Crippen molar-refractivity contribution in [1.29, 1.82) is 0 Å². The van der Waals surface area contributed by atoms with Gasteiger partial charge in [-0.3, -0.25) is 4.79 Å². The summed E-state index contributed by atoms with van der Waals surface area (Å²) < 4.78 is 28.0. The third-order valence-corrected chi connectivity index (χ3v) is 6.44. The van der Waals surface area contributed by atoms with Crippen molar-refractivity contribution in [1.82, 2.24) is 4.72 Å². The Labute approximate surface area is 161 Å². The minimum Gasteiger partial charge on any atom is -0.312 e. The summed E-state index contributed by atoms with van der Waals surface area (Å²) in [7, 11) is -3.57. The van der Waals surface area contributed by atoms with Crippen LogP contribution in [0.1, 0.15) is 42.0 Å². The van der Waals surface area contributed by atoms with E-state index in [1.165, 1.54) is 0 Å². The number of benzene rings is 2. The van der Waals surface area contributed by atoms with Crippen molar-refractivity contribution in [3.63, 3.8) is 0 Å². The quantitative estimate of drug-likeness (QED) is 0.827. The molecule has 6 heteroatoms. The predicted octanol–water partition coefficient (Wildman–Crippen LogP) is 3.47. The Morgan fingerprint density at radius 2 is 1.85 bits per heavy atom. The van der Waals surface area contributed by atoms with Gasteiger partial charge < -0.3 is 4.90 Å². The van der Waals surface area contributed by atoms with Crippen LogP contribution >= 0.6 is 0 Å². The van der Waals surface area contributed by atoms with Crippen molar-refractivity contribution in [2.24, 2.45) is 0 Å². The van der Waals surface area contributed by atoms with Crippen molar-refractivity contribution in [3.8, 4) is 0 Å². The molecule has 1 N–H and O–H groups in total. The Balaban J connectivity index is 1.78. The van der Waals surface area contributed by atoms with Gasteiger partial charge in [-0.05, 0) is 55.5 Å². The lowest BCUT2D eigenvalue weighted by Gasteiger charge is -2.29. The molecule has 144 valence electrons. The number of nitrogens with zero attached hydrogens (tertiary/aromatic N) is 1. The van der Waals surface area contributed by atoms with Crippen molar-refractivity contribution in [2.75, 3.05) is 11.4 Å². The molecule has 1 heterocycles. The van der Waals surface area contributed by atoms with Gasteiger partial charge in [0.1, 0.15) is 0 Å². The number of anilines is 1. The molecule has 0 saturated carbocycles. The zero-order valence-electron chi connectivity index (χ0n) is 16.1. The maximum Gasteiger partial charge on any atom is 0.241 e. The van der Waals surface area contributed by atoms with Crippen LogP contribution in [0.3, 0.4) is 0 Å². The molecule has 0 atom stereocenters. The van der Waals surface area contributed by atoms with E-state index in [2.05, 4.69) is 11.6 Å². The van der Waals surface area contributed by atoms with Gasteiger partial charge in [0.05, 0.1) is 4.90 Å². The average Bonchev–Trinajstić information content (AvgIpc) is 2.62. The summed E-state index contributed by atoms with van der Waals surface area (Å²) in [6, 6.07) is 11.2. The molecule has 0 aromatic heterocycles. The number of fused-ring (bicyclic) bond motifs is 1. The summed E-state index contributed by atoms with van der Waals surface area (Å²) in [5.41, 5.74) is 4.72. The van der Waals surface area contributed by atoms with E-state index in [0.717, 1.165) is 34.4 Å². The number of carbonyl (C=O) groups is 1. The molecule has 0 radical (unpaired) electrons. The van der Waals surface area contributed by atoms with E-state index in [9.17, 15) is 13.2 Å². The number of hydrogen-bond acceptors (Lipinski definition) is 3. The Morgan fingerprint density at radius 3 is 2.56 bits per heavy atom. The van der Waals surface area contributed by atoms with Crippen molar-refractivity contribution < 1.29 is 13.2 Å². The minimum atomic E-state index is -3.57. The van der Waals surface area contributed by atoms with Gasteiger partial charge in [-0.2, -0.15) is 0 Å². The van der Waals surface area contributed by atoms with Crippen LogP contribution in [0.15, 0.2) is 41.3 Å². The molecule has 3 rings (SSSR count). The summed E-state index contributed by atoms with van der Waals surface area (Å²) >= 11 is 0. The first kappa shape index (κ1) is 19.6. The fourth-order valence-electron chi connectivity index (χ4n) is 3.55. The fraction of sp³-hybridized carbons (Fsp3) is 0.381. The van der Waals surface area contributed by atoms with Gasteiger partial charge in [0.25, 0.3) is 0 Å². The zero-order chi connectivity index (χ0) is 19.6. The summed E-state index contributed by atoms with van der Waals surface area (Å²) in [6.07, 6.45) is 2.11. The van der Waals surface area contributed by atoms with Gasteiger partial charge in [0.2, 0.25) is 15.9 Å². The molecule has 0 fully saturated rings. The Kier molecular flexibility index (Phi) is 5.67. The monoisotopic (exact) mass is 386 g/mol. The normalized spacial score (nSPS) is 14.3. The molecule has 0 aliphatic carbocycles. The van der Waals surface area contributed by atoms with Crippen LogP contribution in [0.4, 0.5) is 5.69 Å². The molecule has 2 aromatic rings. The molecule has 2 aromatic carbocycles. The van der Waals surface area contributed by atoms with E-state index in [4.69, 9.17) is 0 Å². The predicted molar refractivity (Wildman–Crippen MR) is 107 cm³/mol. The zero-order valence-corrected chi connectivity index (χ0v) is 16.9. The Morgan fingerprint density at radius 1 is 1.07 bits per heavy atom. The van der Waals surface area contributed by atoms with E-state index >= 15 is 0 Å². The highest BCUT2D eigenvalue weighted by atomic mass is 32.2. The number of rotatable bonds is 6. The maximum atomic E-state index is 12.6. The third kappa shape index (κ3) is 4.22. The highest BCUT2D eigenvalue weighted by molar-refractivity contribution is 7.89. The lowest BCUT2D eigenvalue weighted by atomic mass is 9.98. The molecule has 27 heavy (non-hydrogen) atoms. The third-order valence-electron chi connectivity index (χ3n) is 4.88. The molecule has 1 aliphatic rings. The van der Waals surface area contributed by atoms with Crippen molar-refractivity contribution >= 4 is 21.6 Å². The number of amides is 1. The Hall–Kier alpha value is -2.18. The SMILES string of the molecule is CCCN1C(=O)CCc2cc(CNS(=O)(=O)c3ccc(C)cc3C)ccc21. The molecule has 0 bridgehead atoms. The number of sulfonamides is 1. The summed E-state index contributed by atoms with van der Waals surface area (Å²) in [6.45, 7) is 6.74. The first-order chi connectivity index (χ1) is 12.8. The summed E-state index contributed by atoms with van der Waals surface area (Å²) in [5, 5.41) is 0. The van der Waals surface area contributed by atoms with Gasteiger partial charge in [-0.25, -0.2) is 13.1 Å². The number of nitrogens with one attached hydrogen (secondary N) is 1. The number of hydrogen-bond donors (Lipinski definition) is 1. The lowest BCUT2D eigenvalue weighted by molar-refractivity contribution is -0.118. The lowest BCUT2D eigenvalue weighted by Crippen LogP contribution is -2.35. The number of carbonyl (C=O) groups excluding carboxylic acids is 1. The van der Waals surface area contributed by atoms with E-state index in [-0.39, 0.29) is 12.5 Å². The van der Waals surface area contributed by atoms with E-state index in [1.807, 2.05) is 36.1 Å². The average molecular weight is 387 g/mol. The van der Waals surface area contributed by atoms with Gasteiger partial charge in [0, 0.05) is 25.2 Å². The first-order valence-corrected chi connectivity index (χ1v) is 10.8. The van der Waals surface area contributed by atoms with Crippen LogP contribution < -0.4 is 9.62 Å². The van der Waals surface area contributed by atoms with Gasteiger partial charge in [0.15, 0.2) is 0 Å². The molecule has 0 unspecified atom stereocenters. The van der Waals surface area contributed by atoms with Crippen molar-refractivity contribution in [2.45, 2.75) is 51.5 Å². The van der Waals surface area contributed by atoms with Crippen LogP contribution in [0.25, 0.3) is 0 Å². The summed E-state index contributed by atoms with van der Waals surface area (Å²) in [5.74, 6) is 0.160. The van der Waals surface area contributed by atoms with E-state index < -0.39 is 10.0 Å². The second-order valence-electron chi connectivity index (χ2n) is 7.10. The minimum absolute atomic E-state index is 0.160. The van der Waals surface area contributed by atoms with Gasteiger partial charge in [-0.1, -0.05) is 36.8 Å².